The quantitative estimate of drug-likeness (QED) is 0.921. The number of hydrogen-bond donors (Lipinski definition) is 1. The molecule has 2 fully saturated rings. The van der Waals surface area contributed by atoms with Crippen LogP contribution >= 0.6 is 0 Å². The minimum absolute atomic E-state index is 0.0708. The molecule has 1 saturated heterocycles. The molecule has 1 spiro atoms. The molecule has 132 valence electrons. The molecule has 3 rings (SSSR count). The topological polar surface area (TPSA) is 53.0 Å². The summed E-state index contributed by atoms with van der Waals surface area (Å²) in [6.07, 6.45) is 1.94. The largest absolute Gasteiger partial charge is 0.392 e. The van der Waals surface area contributed by atoms with E-state index < -0.39 is 0 Å². The van der Waals surface area contributed by atoms with Crippen LogP contribution in [-0.2, 0) is 4.74 Å². The Kier molecular flexibility index (Phi) is 4.34. The van der Waals surface area contributed by atoms with Crippen LogP contribution in [0.4, 0.5) is 5.69 Å². The summed E-state index contributed by atoms with van der Waals surface area (Å²) in [5.74, 6) is 0.0708. The lowest BCUT2D eigenvalue weighted by Gasteiger charge is -2.62. The summed E-state index contributed by atoms with van der Waals surface area (Å²) < 4.78 is 5.69. The van der Waals surface area contributed by atoms with Crippen LogP contribution < -0.4 is 4.90 Å². The molecule has 24 heavy (non-hydrogen) atoms. The van der Waals surface area contributed by atoms with Gasteiger partial charge in [0.25, 0.3) is 5.91 Å². The molecule has 1 N–H and O–H groups in total. The fourth-order valence-corrected chi connectivity index (χ4v) is 4.35. The number of piperidine rings is 1. The highest BCUT2D eigenvalue weighted by Gasteiger charge is 2.63. The summed E-state index contributed by atoms with van der Waals surface area (Å²) in [5.41, 5.74) is 1.27. The maximum absolute atomic E-state index is 12.8. The predicted molar refractivity (Wildman–Crippen MR) is 94.4 cm³/mol. The van der Waals surface area contributed by atoms with Crippen LogP contribution in [0, 0.1) is 5.41 Å². The Bertz CT molecular complexity index is 623. The first-order valence-electron chi connectivity index (χ1n) is 8.63. The predicted octanol–water partition coefficient (Wildman–Crippen LogP) is 2.14. The molecule has 0 radical (unpaired) electrons. The van der Waals surface area contributed by atoms with Crippen molar-refractivity contribution in [1.29, 1.82) is 0 Å². The second-order valence-corrected chi connectivity index (χ2v) is 7.55. The summed E-state index contributed by atoms with van der Waals surface area (Å²) in [7, 11) is 5.66. The Balaban J connectivity index is 1.71. The Morgan fingerprint density at radius 2 is 2.00 bits per heavy atom. The van der Waals surface area contributed by atoms with Crippen LogP contribution in [0.5, 0.6) is 0 Å². The number of hydrogen-bond acceptors (Lipinski definition) is 4. The molecule has 0 bridgehead atoms. The van der Waals surface area contributed by atoms with E-state index in [-0.39, 0.29) is 23.0 Å². The zero-order valence-electron chi connectivity index (χ0n) is 15.1. The molecule has 1 amide bonds. The third-order valence-corrected chi connectivity index (χ3v) is 6.28. The van der Waals surface area contributed by atoms with Gasteiger partial charge in [-0.25, -0.2) is 0 Å². The number of amides is 1. The fraction of sp³-hybridized carbons (Fsp3) is 0.632. The van der Waals surface area contributed by atoms with E-state index in [9.17, 15) is 9.90 Å². The number of anilines is 1. The zero-order valence-corrected chi connectivity index (χ0v) is 15.1. The van der Waals surface area contributed by atoms with E-state index in [4.69, 9.17) is 4.74 Å². The van der Waals surface area contributed by atoms with Crippen molar-refractivity contribution in [1.82, 2.24) is 4.90 Å². The molecule has 1 aromatic carbocycles. The van der Waals surface area contributed by atoms with Crippen molar-refractivity contribution < 1.29 is 14.6 Å². The van der Waals surface area contributed by atoms with Gasteiger partial charge in [-0.2, -0.15) is 0 Å². The highest BCUT2D eigenvalue weighted by molar-refractivity contribution is 5.95. The lowest BCUT2D eigenvalue weighted by molar-refractivity contribution is -0.259. The Morgan fingerprint density at radius 1 is 1.33 bits per heavy atom. The van der Waals surface area contributed by atoms with Gasteiger partial charge < -0.3 is 19.6 Å². The minimum Gasteiger partial charge on any atom is -0.392 e. The van der Waals surface area contributed by atoms with Gasteiger partial charge in [0.05, 0.1) is 11.7 Å². The van der Waals surface area contributed by atoms with Gasteiger partial charge in [0.1, 0.15) is 0 Å². The highest BCUT2D eigenvalue weighted by Crippen LogP contribution is 2.58. The molecule has 5 heteroatoms. The normalized spacial score (nSPS) is 28.5. The van der Waals surface area contributed by atoms with Gasteiger partial charge in [0.15, 0.2) is 0 Å². The Labute approximate surface area is 144 Å². The van der Waals surface area contributed by atoms with Gasteiger partial charge >= 0.3 is 0 Å². The SMILES string of the molecule is CO[C@@]1(C)C[C@@H](O)C12CCN(C(=O)c1cccc(N(C)C)c1)CC2. The van der Waals surface area contributed by atoms with Crippen molar-refractivity contribution in [3.63, 3.8) is 0 Å². The van der Waals surface area contributed by atoms with Crippen LogP contribution in [0.25, 0.3) is 0 Å². The molecular weight excluding hydrogens is 304 g/mol. The molecule has 1 aliphatic heterocycles. The molecule has 1 aromatic rings. The minimum atomic E-state index is -0.322. The summed E-state index contributed by atoms with van der Waals surface area (Å²) in [6.45, 7) is 3.42. The molecule has 0 aromatic heterocycles. The third kappa shape index (κ3) is 2.50. The van der Waals surface area contributed by atoms with Gasteiger partial charge in [0.2, 0.25) is 0 Å². The van der Waals surface area contributed by atoms with Crippen molar-refractivity contribution in [2.24, 2.45) is 5.41 Å². The first kappa shape index (κ1) is 17.2. The van der Waals surface area contributed by atoms with Gasteiger partial charge in [0, 0.05) is 57.4 Å². The Morgan fingerprint density at radius 3 is 2.54 bits per heavy atom. The highest BCUT2D eigenvalue weighted by atomic mass is 16.5. The number of methoxy groups -OCH3 is 1. The van der Waals surface area contributed by atoms with E-state index in [1.165, 1.54) is 0 Å². The lowest BCUT2D eigenvalue weighted by atomic mass is 9.51. The average Bonchev–Trinajstić information content (AvgIpc) is 2.61. The smallest absolute Gasteiger partial charge is 0.253 e. The van der Waals surface area contributed by atoms with E-state index in [2.05, 4.69) is 6.92 Å². The van der Waals surface area contributed by atoms with Crippen molar-refractivity contribution in [3.05, 3.63) is 29.8 Å². The maximum Gasteiger partial charge on any atom is 0.253 e. The molecule has 1 saturated carbocycles. The average molecular weight is 332 g/mol. The molecule has 2 atom stereocenters. The van der Waals surface area contributed by atoms with Crippen molar-refractivity contribution in [2.45, 2.75) is 37.9 Å². The fourth-order valence-electron chi connectivity index (χ4n) is 4.35. The number of nitrogens with zero attached hydrogens (tertiary/aromatic N) is 2. The summed E-state index contributed by atoms with van der Waals surface area (Å²) >= 11 is 0. The monoisotopic (exact) mass is 332 g/mol. The number of ether oxygens (including phenoxy) is 1. The van der Waals surface area contributed by atoms with Crippen LogP contribution in [-0.4, -0.2) is 61.9 Å². The second kappa shape index (κ2) is 6.05. The standard InChI is InChI=1S/C19H28N2O3/c1-18(24-4)13-16(22)19(18)8-10-21(11-9-19)17(23)14-6-5-7-15(12-14)20(2)3/h5-7,12,16,22H,8-11,13H2,1-4H3/t16-,18+/m1/s1. The maximum atomic E-state index is 12.8. The number of aliphatic hydroxyl groups excluding tert-OH is 1. The van der Waals surface area contributed by atoms with Gasteiger partial charge in [-0.1, -0.05) is 6.07 Å². The molecule has 1 aliphatic carbocycles. The van der Waals surface area contributed by atoms with Crippen LogP contribution in [0.15, 0.2) is 24.3 Å². The molecule has 5 nitrogen and oxygen atoms in total. The van der Waals surface area contributed by atoms with Crippen molar-refractivity contribution in [2.75, 3.05) is 39.2 Å². The number of carbonyl (C=O) groups excluding carboxylic acids is 1. The van der Waals surface area contributed by atoms with Crippen molar-refractivity contribution in [3.8, 4) is 0 Å². The first-order chi connectivity index (χ1) is 11.3. The number of carbonyl (C=O) groups is 1. The number of aliphatic hydroxyl groups is 1. The van der Waals surface area contributed by atoms with E-state index in [1.807, 2.05) is 48.2 Å². The van der Waals surface area contributed by atoms with Gasteiger partial charge in [-0.3, -0.25) is 4.79 Å². The molecule has 0 unspecified atom stereocenters. The van der Waals surface area contributed by atoms with Gasteiger partial charge in [-0.15, -0.1) is 0 Å². The van der Waals surface area contributed by atoms with Crippen LogP contribution in [0.2, 0.25) is 0 Å². The summed E-state index contributed by atoms with van der Waals surface area (Å²) in [6, 6.07) is 7.73. The first-order valence-corrected chi connectivity index (χ1v) is 8.63. The van der Waals surface area contributed by atoms with E-state index in [0.29, 0.717) is 19.5 Å². The van der Waals surface area contributed by atoms with E-state index in [1.54, 1.807) is 7.11 Å². The number of likely N-dealkylation sites (tertiary alicyclic amines) is 1. The number of rotatable bonds is 3. The van der Waals surface area contributed by atoms with Crippen molar-refractivity contribution >= 4 is 11.6 Å². The van der Waals surface area contributed by atoms with Crippen LogP contribution in [0.3, 0.4) is 0 Å². The summed E-state index contributed by atoms with van der Waals surface area (Å²) in [4.78, 5) is 16.7. The summed E-state index contributed by atoms with van der Waals surface area (Å²) in [5, 5.41) is 10.3. The van der Waals surface area contributed by atoms with Crippen LogP contribution in [0.1, 0.15) is 36.5 Å². The molecular formula is C19H28N2O3. The lowest BCUT2D eigenvalue weighted by Crippen LogP contribution is -2.69. The van der Waals surface area contributed by atoms with E-state index in [0.717, 1.165) is 24.1 Å². The Hall–Kier alpha value is -1.59. The number of benzene rings is 1. The molecule has 1 heterocycles. The zero-order chi connectivity index (χ0) is 17.5. The van der Waals surface area contributed by atoms with Gasteiger partial charge in [-0.05, 0) is 38.0 Å². The van der Waals surface area contributed by atoms with E-state index >= 15 is 0 Å². The third-order valence-electron chi connectivity index (χ3n) is 6.28. The molecule has 2 aliphatic rings. The second-order valence-electron chi connectivity index (χ2n) is 7.55.